The summed E-state index contributed by atoms with van der Waals surface area (Å²) in [5.74, 6) is -6.84. The molecule has 2 unspecified atom stereocenters. The molecule has 4 aliphatic rings. The van der Waals surface area contributed by atoms with Crippen molar-refractivity contribution in [1.29, 1.82) is 0 Å². The first-order chi connectivity index (χ1) is 29.3. The van der Waals surface area contributed by atoms with Crippen LogP contribution < -0.4 is 5.32 Å². The summed E-state index contributed by atoms with van der Waals surface area (Å²) >= 11 is 0. The fourth-order valence-corrected chi connectivity index (χ4v) is 10.2. The van der Waals surface area contributed by atoms with Gasteiger partial charge in [-0.05, 0) is 54.8 Å². The van der Waals surface area contributed by atoms with E-state index in [0.717, 1.165) is 13.8 Å². The summed E-state index contributed by atoms with van der Waals surface area (Å²) in [5.41, 5.74) is -7.02. The van der Waals surface area contributed by atoms with Gasteiger partial charge < -0.3 is 44.3 Å². The highest BCUT2D eigenvalue weighted by molar-refractivity contribution is 5.96. The number of ether oxygens (including phenoxy) is 5. The Morgan fingerprint density at radius 3 is 1.95 bits per heavy atom. The van der Waals surface area contributed by atoms with Crippen molar-refractivity contribution < 1.29 is 67.8 Å². The lowest BCUT2D eigenvalue weighted by Crippen LogP contribution is -2.82. The van der Waals surface area contributed by atoms with E-state index in [1.807, 2.05) is 0 Å². The van der Waals surface area contributed by atoms with Gasteiger partial charge in [0.2, 0.25) is 0 Å². The highest BCUT2D eigenvalue weighted by atomic mass is 16.6. The van der Waals surface area contributed by atoms with E-state index in [1.165, 1.54) is 26.0 Å². The fraction of sp³-hybridized carbons (Fsp3) is 0.447. The van der Waals surface area contributed by atoms with E-state index in [0.29, 0.717) is 5.56 Å². The second-order valence-corrected chi connectivity index (χ2v) is 17.4. The molecule has 11 atom stereocenters. The number of Topliss-reactive ketones (excluding diaryl/α,β-unsaturated/α-hetero) is 1. The van der Waals surface area contributed by atoms with Crippen molar-refractivity contribution in [2.24, 2.45) is 16.7 Å². The minimum Gasteiger partial charge on any atom is -0.456 e. The first-order valence-electron chi connectivity index (χ1n) is 20.5. The number of carbonyl (C=O) groups is 6. The molecule has 1 aliphatic heterocycles. The Kier molecular flexibility index (Phi) is 11.8. The van der Waals surface area contributed by atoms with Crippen molar-refractivity contribution in [3.8, 4) is 0 Å². The molecule has 0 aromatic heterocycles. The third-order valence-electron chi connectivity index (χ3n) is 13.5. The molecular formula is C47H51NO14. The molecule has 328 valence electrons. The minimum absolute atomic E-state index is 0.00289. The topological polar surface area (TPSA) is 221 Å². The second kappa shape index (κ2) is 16.5. The van der Waals surface area contributed by atoms with Gasteiger partial charge in [-0.1, -0.05) is 80.6 Å². The van der Waals surface area contributed by atoms with Crippen molar-refractivity contribution in [1.82, 2.24) is 5.32 Å². The Balaban J connectivity index is 1.39. The van der Waals surface area contributed by atoms with Crippen molar-refractivity contribution in [3.63, 3.8) is 0 Å². The van der Waals surface area contributed by atoms with Crippen LogP contribution in [0.4, 0.5) is 0 Å². The second-order valence-electron chi connectivity index (χ2n) is 17.4. The van der Waals surface area contributed by atoms with E-state index in [2.05, 4.69) is 5.32 Å². The third kappa shape index (κ3) is 7.29. The maximum Gasteiger partial charge on any atom is 0.338 e. The number of aliphatic hydroxyl groups is 3. The SMILES string of the molecule is CC(=O)O[C@H]1C(=O)[C@@]2(C)C(C(OC(=O)[13c]3[13cH][13cH][13cH][13cH][13cH]3)[C@]3(O)C[C@H](OC(=O)[C@H](O)[C@@H](NC(=O)c4ccccc4)c4ccccc4)C(C)=C1C3(C)C)[C@]1(OC(C)=O)CO[C@@H]1C[C@@H]2O. The Morgan fingerprint density at radius 2 is 1.40 bits per heavy atom. The highest BCUT2D eigenvalue weighted by Gasteiger charge is 2.78. The molecule has 3 fully saturated rings. The molecule has 1 saturated heterocycles. The van der Waals surface area contributed by atoms with Crippen LogP contribution in [-0.4, -0.2) is 105 Å². The van der Waals surface area contributed by atoms with E-state index in [-0.39, 0.29) is 35.3 Å². The number of ketones is 1. The third-order valence-corrected chi connectivity index (χ3v) is 13.5. The monoisotopic (exact) mass is 859 g/mol. The molecule has 7 rings (SSSR count). The molecule has 62 heavy (non-hydrogen) atoms. The maximum absolute atomic E-state index is 15.5. The quantitative estimate of drug-likeness (QED) is 0.130. The van der Waals surface area contributed by atoms with Crippen molar-refractivity contribution in [2.75, 3.05) is 6.61 Å². The molecule has 3 aromatic carbocycles. The molecule has 15 heteroatoms. The maximum atomic E-state index is 15.5. The van der Waals surface area contributed by atoms with Gasteiger partial charge in [-0.25, -0.2) is 9.59 Å². The van der Waals surface area contributed by atoms with Gasteiger partial charge in [-0.3, -0.25) is 19.2 Å². The molecule has 4 N–H and O–H groups in total. The number of aliphatic hydroxyl groups excluding tert-OH is 2. The van der Waals surface area contributed by atoms with Crippen molar-refractivity contribution in [3.05, 3.63) is 119 Å². The lowest BCUT2D eigenvalue weighted by atomic mass is 9.44. The molecule has 3 aliphatic carbocycles. The summed E-state index contributed by atoms with van der Waals surface area (Å²) in [7, 11) is 0. The number of hydrogen-bond donors (Lipinski definition) is 4. The Bertz CT molecular complexity index is 2280. The van der Waals surface area contributed by atoms with Crippen LogP contribution in [-0.2, 0) is 42.9 Å². The van der Waals surface area contributed by atoms with E-state index >= 15 is 4.79 Å². The lowest BCUT2D eigenvalue weighted by Gasteiger charge is -2.67. The molecule has 0 radical (unpaired) electrons. The molecule has 1 amide bonds. The molecule has 1 heterocycles. The average molecular weight is 860 g/mol. The Labute approximate surface area is 358 Å². The largest absolute Gasteiger partial charge is 0.456 e. The first-order valence-corrected chi connectivity index (χ1v) is 20.5. The van der Waals surface area contributed by atoms with Gasteiger partial charge in [0.15, 0.2) is 23.6 Å². The number of benzene rings is 3. The minimum atomic E-state index is -2.39. The van der Waals surface area contributed by atoms with Crippen LogP contribution in [0.3, 0.4) is 0 Å². The lowest BCUT2D eigenvalue weighted by molar-refractivity contribution is -0.346. The average Bonchev–Trinajstić information content (AvgIpc) is 3.24. The number of rotatable bonds is 10. The van der Waals surface area contributed by atoms with Crippen LogP contribution in [0, 0.1) is 16.7 Å². The number of carbonyl (C=O) groups excluding carboxylic acids is 6. The van der Waals surface area contributed by atoms with Gasteiger partial charge in [0, 0.05) is 37.7 Å². The summed E-state index contributed by atoms with van der Waals surface area (Å²) in [6, 6.07) is 22.9. The molecule has 0 spiro atoms. The number of hydrogen-bond acceptors (Lipinski definition) is 14. The Morgan fingerprint density at radius 1 is 0.823 bits per heavy atom. The van der Waals surface area contributed by atoms with E-state index in [4.69, 9.17) is 23.7 Å². The zero-order valence-electron chi connectivity index (χ0n) is 35.2. The van der Waals surface area contributed by atoms with E-state index in [9.17, 15) is 39.3 Å². The van der Waals surface area contributed by atoms with Crippen LogP contribution in [0.1, 0.15) is 86.7 Å². The summed E-state index contributed by atoms with van der Waals surface area (Å²) in [4.78, 5) is 83.5. The van der Waals surface area contributed by atoms with E-state index < -0.39 is 113 Å². The standard InChI is InChI=1S/C47H51NO14/c1-25-31(60-43(56)36(52)35(28-16-10-7-11-17-28)48-41(54)29-18-12-8-13-19-29)23-47(57)40(61-42(55)30-20-14-9-15-21-30)38-45(6,32(51)22-33-46(38,24-58-33)62-27(3)50)39(53)37(59-26(2)49)34(25)44(47,4)5/h7-21,31-33,35-38,40,51-52,57H,22-24H2,1-6H3,(H,48,54)/t31-,32-,33+,35-,36+,37+,38?,40?,45+,46-,47+/m0/s1/i9+1,14+1,15+1,20+1,21+1,30+1. The number of esters is 4. The first kappa shape index (κ1) is 44.3. The molecule has 3 aromatic rings. The molecule has 2 bridgehead atoms. The van der Waals surface area contributed by atoms with Crippen LogP contribution >= 0.6 is 0 Å². The van der Waals surface area contributed by atoms with Gasteiger partial charge in [0.25, 0.3) is 5.91 Å². The summed E-state index contributed by atoms with van der Waals surface area (Å²) in [5, 5.41) is 40.2. The molecule has 15 nitrogen and oxygen atoms in total. The number of fused-ring (bicyclic) bond motifs is 5. The van der Waals surface area contributed by atoms with Crippen molar-refractivity contribution >= 4 is 35.6 Å². The van der Waals surface area contributed by atoms with Gasteiger partial charge in [-0.2, -0.15) is 0 Å². The summed E-state index contributed by atoms with van der Waals surface area (Å²) in [6.07, 6.45) is -10.5. The van der Waals surface area contributed by atoms with Crippen LogP contribution in [0.15, 0.2) is 102 Å². The highest BCUT2D eigenvalue weighted by Crippen LogP contribution is 2.64. The van der Waals surface area contributed by atoms with Gasteiger partial charge in [-0.15, -0.1) is 0 Å². The summed E-state index contributed by atoms with van der Waals surface area (Å²) in [6.45, 7) is 7.97. The van der Waals surface area contributed by atoms with Gasteiger partial charge in [0.1, 0.15) is 23.9 Å². The van der Waals surface area contributed by atoms with Crippen LogP contribution in [0.5, 0.6) is 0 Å². The number of amides is 1. The zero-order chi connectivity index (χ0) is 44.9. The predicted molar refractivity (Wildman–Crippen MR) is 218 cm³/mol. The molecular weight excluding hydrogens is 808 g/mol. The molecule has 2 saturated carbocycles. The zero-order valence-corrected chi connectivity index (χ0v) is 35.2. The van der Waals surface area contributed by atoms with Crippen LogP contribution in [0.25, 0.3) is 0 Å². The van der Waals surface area contributed by atoms with Crippen LogP contribution in [0.2, 0.25) is 0 Å². The smallest absolute Gasteiger partial charge is 0.338 e. The Hall–Kier alpha value is -5.74. The normalized spacial score (nSPS) is 31.9. The van der Waals surface area contributed by atoms with Crippen molar-refractivity contribution in [2.45, 2.75) is 108 Å². The summed E-state index contributed by atoms with van der Waals surface area (Å²) < 4.78 is 30.3. The fourth-order valence-electron chi connectivity index (χ4n) is 10.2. The van der Waals surface area contributed by atoms with Gasteiger partial charge >= 0.3 is 23.9 Å². The van der Waals surface area contributed by atoms with Gasteiger partial charge in [0.05, 0.1) is 35.6 Å². The predicted octanol–water partition coefficient (Wildman–Crippen LogP) is 3.74. The number of nitrogens with one attached hydrogen (secondary N) is 1. The van der Waals surface area contributed by atoms with E-state index in [1.54, 1.807) is 92.7 Å².